The molecule has 19 heavy (non-hydrogen) atoms. The second-order valence-electron chi connectivity index (χ2n) is 4.81. The largest absolute Gasteiger partial charge is 0.384 e. The van der Waals surface area contributed by atoms with E-state index in [4.69, 9.17) is 11.1 Å². The summed E-state index contributed by atoms with van der Waals surface area (Å²) in [4.78, 5) is 14.5. The van der Waals surface area contributed by atoms with Gasteiger partial charge >= 0.3 is 0 Å². The Labute approximate surface area is 111 Å². The molecule has 0 atom stereocenters. The number of aromatic amines is 1. The first-order valence-corrected chi connectivity index (χ1v) is 6.17. The topological polar surface area (TPSA) is 82.7 Å². The van der Waals surface area contributed by atoms with Crippen molar-refractivity contribution in [3.05, 3.63) is 57.9 Å². The van der Waals surface area contributed by atoms with Crippen LogP contribution < -0.4 is 11.3 Å². The zero-order valence-electron chi connectivity index (χ0n) is 11.0. The highest BCUT2D eigenvalue weighted by atomic mass is 16.1. The number of aromatic nitrogens is 1. The fourth-order valence-corrected chi connectivity index (χ4v) is 1.90. The average Bonchev–Trinajstić information content (AvgIpc) is 2.38. The predicted octanol–water partition coefficient (Wildman–Crippen LogP) is 2.45. The van der Waals surface area contributed by atoms with Gasteiger partial charge in [0.1, 0.15) is 5.84 Å². The zero-order chi connectivity index (χ0) is 14.0. The van der Waals surface area contributed by atoms with Gasteiger partial charge < -0.3 is 10.7 Å². The van der Waals surface area contributed by atoms with E-state index < -0.39 is 0 Å². The van der Waals surface area contributed by atoms with E-state index in [0.717, 1.165) is 11.3 Å². The molecule has 0 saturated heterocycles. The lowest BCUT2D eigenvalue weighted by Gasteiger charge is -2.07. The van der Waals surface area contributed by atoms with E-state index in [1.807, 2.05) is 12.1 Å². The number of H-pyrrole nitrogens is 1. The van der Waals surface area contributed by atoms with Crippen molar-refractivity contribution < 1.29 is 0 Å². The second-order valence-corrected chi connectivity index (χ2v) is 4.81. The molecule has 0 amide bonds. The Morgan fingerprint density at radius 1 is 1.16 bits per heavy atom. The standard InChI is InChI=1S/C15H17N3O/c1-9(2)10-3-5-11(6-4-10)13-8-7-12(14(16)17)15(19)18-13/h3-9H,1-2H3,(H3,16,17)(H,18,19). The summed E-state index contributed by atoms with van der Waals surface area (Å²) >= 11 is 0. The Bertz CT molecular complexity index is 654. The summed E-state index contributed by atoms with van der Waals surface area (Å²) in [6.07, 6.45) is 0. The molecule has 0 aliphatic rings. The van der Waals surface area contributed by atoms with Crippen LogP contribution in [0.15, 0.2) is 41.2 Å². The summed E-state index contributed by atoms with van der Waals surface area (Å²) in [7, 11) is 0. The molecule has 0 spiro atoms. The minimum Gasteiger partial charge on any atom is -0.384 e. The number of hydrogen-bond donors (Lipinski definition) is 3. The van der Waals surface area contributed by atoms with Crippen molar-refractivity contribution in [1.29, 1.82) is 5.41 Å². The normalized spacial score (nSPS) is 10.7. The van der Waals surface area contributed by atoms with Crippen molar-refractivity contribution in [3.63, 3.8) is 0 Å². The van der Waals surface area contributed by atoms with Crippen LogP contribution in [0, 0.1) is 5.41 Å². The fourth-order valence-electron chi connectivity index (χ4n) is 1.90. The molecule has 0 bridgehead atoms. The van der Waals surface area contributed by atoms with Crippen LogP contribution in [0.1, 0.15) is 30.9 Å². The van der Waals surface area contributed by atoms with Crippen LogP contribution in [-0.4, -0.2) is 10.8 Å². The van der Waals surface area contributed by atoms with Crippen molar-refractivity contribution in [2.24, 2.45) is 5.73 Å². The van der Waals surface area contributed by atoms with Gasteiger partial charge in [0.2, 0.25) is 0 Å². The molecule has 4 N–H and O–H groups in total. The zero-order valence-corrected chi connectivity index (χ0v) is 11.0. The molecule has 0 aliphatic heterocycles. The molecule has 4 heteroatoms. The smallest absolute Gasteiger partial charge is 0.259 e. The van der Waals surface area contributed by atoms with E-state index in [1.54, 1.807) is 12.1 Å². The van der Waals surface area contributed by atoms with E-state index >= 15 is 0 Å². The maximum Gasteiger partial charge on any atom is 0.259 e. The van der Waals surface area contributed by atoms with Gasteiger partial charge in [-0.15, -0.1) is 0 Å². The van der Waals surface area contributed by atoms with Gasteiger partial charge in [0.25, 0.3) is 5.56 Å². The molecule has 0 aliphatic carbocycles. The third-order valence-electron chi connectivity index (χ3n) is 3.09. The lowest BCUT2D eigenvalue weighted by molar-refractivity contribution is 0.867. The number of rotatable bonds is 3. The van der Waals surface area contributed by atoms with Crippen LogP contribution in [0.4, 0.5) is 0 Å². The molecule has 1 heterocycles. The lowest BCUT2D eigenvalue weighted by Crippen LogP contribution is -2.23. The van der Waals surface area contributed by atoms with Crippen LogP contribution in [0.2, 0.25) is 0 Å². The first kappa shape index (κ1) is 13.1. The molecule has 1 aromatic carbocycles. The number of nitrogens with one attached hydrogen (secondary N) is 2. The quantitative estimate of drug-likeness (QED) is 0.581. The van der Waals surface area contributed by atoms with Gasteiger partial charge in [-0.2, -0.15) is 0 Å². The summed E-state index contributed by atoms with van der Waals surface area (Å²) in [5, 5.41) is 7.28. The molecule has 0 saturated carbocycles. The SMILES string of the molecule is CC(C)c1ccc(-c2ccc(C(=N)N)c(=O)[nH]2)cc1. The maximum absolute atomic E-state index is 11.8. The minimum atomic E-state index is -0.335. The summed E-state index contributed by atoms with van der Waals surface area (Å²) in [5.74, 6) is 0.260. The first-order valence-electron chi connectivity index (χ1n) is 6.17. The number of amidine groups is 1. The molecule has 98 valence electrons. The summed E-state index contributed by atoms with van der Waals surface area (Å²) < 4.78 is 0. The highest BCUT2D eigenvalue weighted by Crippen LogP contribution is 2.20. The molecule has 4 nitrogen and oxygen atoms in total. The Hall–Kier alpha value is -2.36. The van der Waals surface area contributed by atoms with Crippen LogP contribution >= 0.6 is 0 Å². The van der Waals surface area contributed by atoms with Crippen molar-refractivity contribution in [1.82, 2.24) is 4.98 Å². The second kappa shape index (κ2) is 5.10. The molecule has 2 aromatic rings. The monoisotopic (exact) mass is 255 g/mol. The third kappa shape index (κ3) is 2.73. The highest BCUT2D eigenvalue weighted by Gasteiger charge is 2.06. The van der Waals surface area contributed by atoms with Gasteiger partial charge in [0, 0.05) is 5.69 Å². The Balaban J connectivity index is 2.40. The van der Waals surface area contributed by atoms with E-state index in [2.05, 4.69) is 31.0 Å². The van der Waals surface area contributed by atoms with E-state index in [-0.39, 0.29) is 17.0 Å². The van der Waals surface area contributed by atoms with Gasteiger partial charge in [-0.1, -0.05) is 38.1 Å². The predicted molar refractivity (Wildman–Crippen MR) is 77.6 cm³/mol. The van der Waals surface area contributed by atoms with Gasteiger partial charge in [-0.25, -0.2) is 0 Å². The number of pyridine rings is 1. The lowest BCUT2D eigenvalue weighted by atomic mass is 10.0. The maximum atomic E-state index is 11.8. The molecular formula is C15H17N3O. The van der Waals surface area contributed by atoms with Crippen molar-refractivity contribution in [3.8, 4) is 11.3 Å². The molecule has 0 fully saturated rings. The van der Waals surface area contributed by atoms with Crippen molar-refractivity contribution >= 4 is 5.84 Å². The number of benzene rings is 1. The van der Waals surface area contributed by atoms with E-state index in [9.17, 15) is 4.79 Å². The van der Waals surface area contributed by atoms with Crippen molar-refractivity contribution in [2.45, 2.75) is 19.8 Å². The van der Waals surface area contributed by atoms with Gasteiger partial charge in [-0.05, 0) is 29.2 Å². The van der Waals surface area contributed by atoms with Crippen molar-refractivity contribution in [2.75, 3.05) is 0 Å². The van der Waals surface area contributed by atoms with Gasteiger partial charge in [-0.3, -0.25) is 10.2 Å². The number of nitrogen functional groups attached to an aromatic ring is 1. The Kier molecular flexibility index (Phi) is 3.51. The van der Waals surface area contributed by atoms with E-state index in [1.165, 1.54) is 5.56 Å². The number of hydrogen-bond acceptors (Lipinski definition) is 2. The van der Waals surface area contributed by atoms with Crippen LogP contribution in [0.5, 0.6) is 0 Å². The Morgan fingerprint density at radius 3 is 2.26 bits per heavy atom. The first-order chi connectivity index (χ1) is 8.99. The van der Waals surface area contributed by atoms with Crippen LogP contribution in [0.3, 0.4) is 0 Å². The molecule has 1 aromatic heterocycles. The molecular weight excluding hydrogens is 238 g/mol. The summed E-state index contributed by atoms with van der Waals surface area (Å²) in [5.41, 5.74) is 8.11. The molecule has 0 unspecified atom stereocenters. The van der Waals surface area contributed by atoms with E-state index in [0.29, 0.717) is 5.92 Å². The highest BCUT2D eigenvalue weighted by molar-refractivity contribution is 5.94. The summed E-state index contributed by atoms with van der Waals surface area (Å²) in [6, 6.07) is 11.4. The van der Waals surface area contributed by atoms with Gasteiger partial charge in [0.15, 0.2) is 0 Å². The number of nitrogens with two attached hydrogens (primary N) is 1. The summed E-state index contributed by atoms with van der Waals surface area (Å²) in [6.45, 7) is 4.27. The minimum absolute atomic E-state index is 0.197. The van der Waals surface area contributed by atoms with Gasteiger partial charge in [0.05, 0.1) is 5.56 Å². The fraction of sp³-hybridized carbons (Fsp3) is 0.200. The van der Waals surface area contributed by atoms with Crippen LogP contribution in [-0.2, 0) is 0 Å². The van der Waals surface area contributed by atoms with Crippen LogP contribution in [0.25, 0.3) is 11.3 Å². The molecule has 0 radical (unpaired) electrons. The average molecular weight is 255 g/mol. The molecule has 2 rings (SSSR count). The Morgan fingerprint density at radius 2 is 1.79 bits per heavy atom. The third-order valence-corrected chi connectivity index (χ3v) is 3.09.